The van der Waals surface area contributed by atoms with Crippen LogP contribution in [0.3, 0.4) is 0 Å². The van der Waals surface area contributed by atoms with Gasteiger partial charge < -0.3 is 15.0 Å². The summed E-state index contributed by atoms with van der Waals surface area (Å²) >= 11 is 0. The van der Waals surface area contributed by atoms with Crippen molar-refractivity contribution in [2.45, 2.75) is 64.6 Å². The SMILES string of the molecule is CC(C)C[C@@H](C)OC(=O)NC1CCN([C@@H]2CCN(C)C2=O)CC1. The maximum atomic E-state index is 12.1. The van der Waals surface area contributed by atoms with E-state index in [-0.39, 0.29) is 30.2 Å². The van der Waals surface area contributed by atoms with Crippen LogP contribution in [0.5, 0.6) is 0 Å². The second kappa shape index (κ2) is 7.99. The molecular weight excluding hydrogens is 294 g/mol. The van der Waals surface area contributed by atoms with Gasteiger partial charge in [-0.25, -0.2) is 4.79 Å². The molecule has 2 rings (SSSR count). The predicted molar refractivity (Wildman–Crippen MR) is 89.2 cm³/mol. The summed E-state index contributed by atoms with van der Waals surface area (Å²) in [6.07, 6.45) is 3.18. The summed E-state index contributed by atoms with van der Waals surface area (Å²) in [6, 6.07) is 0.193. The minimum atomic E-state index is -0.312. The van der Waals surface area contributed by atoms with Gasteiger partial charge in [0.05, 0.1) is 6.04 Å². The molecule has 6 nitrogen and oxygen atoms in total. The van der Waals surface area contributed by atoms with Crippen LogP contribution < -0.4 is 5.32 Å². The summed E-state index contributed by atoms with van der Waals surface area (Å²) in [6.45, 7) is 8.74. The smallest absolute Gasteiger partial charge is 0.407 e. The Kier molecular flexibility index (Phi) is 6.27. The standard InChI is InChI=1S/C17H31N3O3/c1-12(2)11-13(3)23-17(22)18-14-5-9-20(10-6-14)15-7-8-19(4)16(15)21/h12-15H,5-11H2,1-4H3,(H,18,22)/t13-,15-/m1/s1. The summed E-state index contributed by atoms with van der Waals surface area (Å²) in [5, 5.41) is 2.97. The molecule has 2 fully saturated rings. The maximum absolute atomic E-state index is 12.1. The van der Waals surface area contributed by atoms with Crippen LogP contribution in [0, 0.1) is 5.92 Å². The van der Waals surface area contributed by atoms with Crippen molar-refractivity contribution in [3.63, 3.8) is 0 Å². The molecule has 0 bridgehead atoms. The number of ether oxygens (including phenoxy) is 1. The van der Waals surface area contributed by atoms with E-state index < -0.39 is 0 Å². The average molecular weight is 325 g/mol. The molecular formula is C17H31N3O3. The number of amides is 2. The number of carbonyl (C=O) groups excluding carboxylic acids is 2. The van der Waals surface area contributed by atoms with Gasteiger partial charge in [-0.3, -0.25) is 9.69 Å². The summed E-state index contributed by atoms with van der Waals surface area (Å²) in [7, 11) is 1.87. The minimum absolute atomic E-state index is 0.0407. The highest BCUT2D eigenvalue weighted by Gasteiger charge is 2.35. The minimum Gasteiger partial charge on any atom is -0.447 e. The Bertz CT molecular complexity index is 419. The van der Waals surface area contributed by atoms with Crippen LogP contribution in [-0.2, 0) is 9.53 Å². The highest BCUT2D eigenvalue weighted by atomic mass is 16.6. The second-order valence-corrected chi connectivity index (χ2v) is 7.36. The number of alkyl carbamates (subject to hydrolysis) is 1. The lowest BCUT2D eigenvalue weighted by Gasteiger charge is -2.35. The van der Waals surface area contributed by atoms with Gasteiger partial charge in [-0.15, -0.1) is 0 Å². The fourth-order valence-electron chi connectivity index (χ4n) is 3.59. The fourth-order valence-corrected chi connectivity index (χ4v) is 3.59. The third-order valence-corrected chi connectivity index (χ3v) is 4.80. The molecule has 2 amide bonds. The number of likely N-dealkylation sites (tertiary alicyclic amines) is 2. The molecule has 0 radical (unpaired) electrons. The van der Waals surface area contributed by atoms with Gasteiger partial charge in [0.1, 0.15) is 6.10 Å². The van der Waals surface area contributed by atoms with Crippen molar-refractivity contribution in [3.8, 4) is 0 Å². The van der Waals surface area contributed by atoms with Crippen molar-refractivity contribution < 1.29 is 14.3 Å². The van der Waals surface area contributed by atoms with Gasteiger partial charge in [0.25, 0.3) is 0 Å². The largest absolute Gasteiger partial charge is 0.447 e. The molecule has 6 heteroatoms. The summed E-state index contributed by atoms with van der Waals surface area (Å²) in [4.78, 5) is 28.1. The van der Waals surface area contributed by atoms with E-state index in [2.05, 4.69) is 24.1 Å². The Hall–Kier alpha value is -1.30. The van der Waals surface area contributed by atoms with Crippen LogP contribution >= 0.6 is 0 Å². The molecule has 0 aromatic rings. The number of rotatable bonds is 5. The Labute approximate surface area is 139 Å². The first-order valence-corrected chi connectivity index (χ1v) is 8.83. The Morgan fingerprint density at radius 1 is 1.22 bits per heavy atom. The third-order valence-electron chi connectivity index (χ3n) is 4.80. The van der Waals surface area contributed by atoms with Crippen molar-refractivity contribution in [3.05, 3.63) is 0 Å². The second-order valence-electron chi connectivity index (χ2n) is 7.36. The van der Waals surface area contributed by atoms with E-state index in [9.17, 15) is 9.59 Å². The average Bonchev–Trinajstić information content (AvgIpc) is 2.79. The molecule has 0 saturated carbocycles. The number of piperidine rings is 1. The first kappa shape index (κ1) is 18.0. The maximum Gasteiger partial charge on any atom is 0.407 e. The third kappa shape index (κ3) is 5.09. The monoisotopic (exact) mass is 325 g/mol. The lowest BCUT2D eigenvalue weighted by molar-refractivity contribution is -0.131. The van der Waals surface area contributed by atoms with Gasteiger partial charge in [-0.1, -0.05) is 13.8 Å². The zero-order valence-electron chi connectivity index (χ0n) is 14.9. The Morgan fingerprint density at radius 2 is 1.87 bits per heavy atom. The lowest BCUT2D eigenvalue weighted by Crippen LogP contribution is -2.50. The molecule has 0 aromatic carbocycles. The molecule has 0 aliphatic carbocycles. The van der Waals surface area contributed by atoms with E-state index in [4.69, 9.17) is 4.74 Å². The molecule has 2 atom stereocenters. The van der Waals surface area contributed by atoms with Crippen LogP contribution in [-0.4, -0.2) is 66.7 Å². The van der Waals surface area contributed by atoms with Crippen molar-refractivity contribution in [2.75, 3.05) is 26.7 Å². The Balaban J connectivity index is 1.70. The number of carbonyl (C=O) groups is 2. The number of nitrogens with one attached hydrogen (secondary N) is 1. The van der Waals surface area contributed by atoms with Gasteiger partial charge in [0.15, 0.2) is 0 Å². The summed E-state index contributed by atoms with van der Waals surface area (Å²) in [5.41, 5.74) is 0. The van der Waals surface area contributed by atoms with Crippen LogP contribution in [0.25, 0.3) is 0 Å². The molecule has 1 N–H and O–H groups in total. The van der Waals surface area contributed by atoms with Gasteiger partial charge in [0.2, 0.25) is 5.91 Å². The van der Waals surface area contributed by atoms with E-state index in [0.717, 1.165) is 45.3 Å². The lowest BCUT2D eigenvalue weighted by atomic mass is 10.0. The van der Waals surface area contributed by atoms with Gasteiger partial charge in [-0.05, 0) is 38.5 Å². The highest BCUT2D eigenvalue weighted by Crippen LogP contribution is 2.21. The van der Waals surface area contributed by atoms with Gasteiger partial charge in [-0.2, -0.15) is 0 Å². The Morgan fingerprint density at radius 3 is 2.39 bits per heavy atom. The first-order chi connectivity index (χ1) is 10.9. The quantitative estimate of drug-likeness (QED) is 0.838. The van der Waals surface area contributed by atoms with Gasteiger partial charge in [0, 0.05) is 32.7 Å². The van der Waals surface area contributed by atoms with Crippen LogP contribution in [0.4, 0.5) is 4.79 Å². The normalized spacial score (nSPS) is 25.0. The van der Waals surface area contributed by atoms with E-state index in [1.807, 2.05) is 18.9 Å². The summed E-state index contributed by atoms with van der Waals surface area (Å²) in [5.74, 6) is 0.751. The van der Waals surface area contributed by atoms with Crippen LogP contribution in [0.15, 0.2) is 0 Å². The summed E-state index contributed by atoms with van der Waals surface area (Å²) < 4.78 is 5.40. The zero-order chi connectivity index (χ0) is 17.0. The molecule has 0 spiro atoms. The number of nitrogens with zero attached hydrogens (tertiary/aromatic N) is 2. The molecule has 132 valence electrons. The van der Waals surface area contributed by atoms with Crippen molar-refractivity contribution >= 4 is 12.0 Å². The molecule has 0 unspecified atom stereocenters. The molecule has 2 heterocycles. The molecule has 2 saturated heterocycles. The number of likely N-dealkylation sites (N-methyl/N-ethyl adjacent to an activating group) is 1. The van der Waals surface area contributed by atoms with Gasteiger partial charge >= 0.3 is 6.09 Å². The highest BCUT2D eigenvalue weighted by molar-refractivity contribution is 5.83. The predicted octanol–water partition coefficient (Wildman–Crippen LogP) is 1.84. The van der Waals surface area contributed by atoms with E-state index >= 15 is 0 Å². The van der Waals surface area contributed by atoms with Crippen molar-refractivity contribution in [1.82, 2.24) is 15.1 Å². The van der Waals surface area contributed by atoms with E-state index in [1.165, 1.54) is 0 Å². The van der Waals surface area contributed by atoms with Crippen LogP contribution in [0.2, 0.25) is 0 Å². The topological polar surface area (TPSA) is 61.9 Å². The molecule has 2 aliphatic rings. The number of hydrogen-bond acceptors (Lipinski definition) is 4. The molecule has 2 aliphatic heterocycles. The molecule has 23 heavy (non-hydrogen) atoms. The number of hydrogen-bond donors (Lipinski definition) is 1. The fraction of sp³-hybridized carbons (Fsp3) is 0.882. The zero-order valence-corrected chi connectivity index (χ0v) is 14.9. The van der Waals surface area contributed by atoms with Crippen molar-refractivity contribution in [1.29, 1.82) is 0 Å². The van der Waals surface area contributed by atoms with Crippen molar-refractivity contribution in [2.24, 2.45) is 5.92 Å². The molecule has 0 aromatic heterocycles. The van der Waals surface area contributed by atoms with E-state index in [1.54, 1.807) is 0 Å². The first-order valence-electron chi connectivity index (χ1n) is 8.83. The van der Waals surface area contributed by atoms with Crippen LogP contribution in [0.1, 0.15) is 46.5 Å². The van der Waals surface area contributed by atoms with E-state index in [0.29, 0.717) is 5.92 Å².